The number of aliphatic imine (C=N–C) groups is 1. The van der Waals surface area contributed by atoms with Crippen molar-refractivity contribution >= 4 is 41.8 Å². The van der Waals surface area contributed by atoms with Gasteiger partial charge in [-0.2, -0.15) is 0 Å². The third kappa shape index (κ3) is 9.05. The van der Waals surface area contributed by atoms with Crippen LogP contribution in [-0.4, -0.2) is 50.5 Å². The van der Waals surface area contributed by atoms with Gasteiger partial charge in [-0.3, -0.25) is 14.6 Å². The molecule has 2 fully saturated rings. The zero-order valence-corrected chi connectivity index (χ0v) is 18.1. The van der Waals surface area contributed by atoms with Crippen molar-refractivity contribution in [3.8, 4) is 0 Å². The van der Waals surface area contributed by atoms with Crippen molar-refractivity contribution in [3.05, 3.63) is 0 Å². The van der Waals surface area contributed by atoms with Crippen molar-refractivity contribution in [2.24, 2.45) is 16.8 Å². The van der Waals surface area contributed by atoms with E-state index in [9.17, 15) is 9.59 Å². The van der Waals surface area contributed by atoms with Gasteiger partial charge in [-0.1, -0.05) is 19.3 Å². The van der Waals surface area contributed by atoms with Crippen LogP contribution in [0.3, 0.4) is 0 Å². The molecule has 26 heavy (non-hydrogen) atoms. The monoisotopic (exact) mass is 479 g/mol. The van der Waals surface area contributed by atoms with E-state index < -0.39 is 0 Å². The van der Waals surface area contributed by atoms with E-state index in [0.29, 0.717) is 26.2 Å². The molecule has 0 saturated heterocycles. The standard InChI is InChI=1S/C18H33N5O2.HI/c1-2-19-18(23-13-11-21-17(25)15-8-9-15)22-12-10-20-16(24)14-6-4-3-5-7-14;/h14-15H,2-13H2,1H3,(H,20,24)(H,21,25)(H2,19,22,23);1H. The zero-order valence-electron chi connectivity index (χ0n) is 15.8. The lowest BCUT2D eigenvalue weighted by Gasteiger charge is -2.21. The highest BCUT2D eigenvalue weighted by atomic mass is 127. The number of carbonyl (C=O) groups excluding carboxylic acids is 2. The maximum absolute atomic E-state index is 12.1. The molecule has 0 spiro atoms. The van der Waals surface area contributed by atoms with E-state index in [2.05, 4.69) is 26.3 Å². The number of hydrogen-bond acceptors (Lipinski definition) is 3. The number of nitrogens with zero attached hydrogens (tertiary/aromatic N) is 1. The summed E-state index contributed by atoms with van der Waals surface area (Å²) in [4.78, 5) is 28.1. The van der Waals surface area contributed by atoms with Gasteiger partial charge in [-0.05, 0) is 32.6 Å². The lowest BCUT2D eigenvalue weighted by Crippen LogP contribution is -2.43. The maximum Gasteiger partial charge on any atom is 0.223 e. The third-order valence-corrected chi connectivity index (χ3v) is 4.67. The van der Waals surface area contributed by atoms with Crippen LogP contribution in [0.25, 0.3) is 0 Å². The topological polar surface area (TPSA) is 94.6 Å². The lowest BCUT2D eigenvalue weighted by atomic mass is 9.89. The van der Waals surface area contributed by atoms with E-state index in [0.717, 1.165) is 38.2 Å². The Morgan fingerprint density at radius 2 is 1.38 bits per heavy atom. The van der Waals surface area contributed by atoms with Crippen molar-refractivity contribution in [2.45, 2.75) is 51.9 Å². The van der Waals surface area contributed by atoms with Crippen LogP contribution in [-0.2, 0) is 9.59 Å². The van der Waals surface area contributed by atoms with Gasteiger partial charge in [0, 0.05) is 38.0 Å². The Hall–Kier alpha value is -1.06. The second-order valence-corrected chi connectivity index (χ2v) is 6.88. The average molecular weight is 479 g/mol. The molecule has 2 amide bonds. The van der Waals surface area contributed by atoms with Gasteiger partial charge in [0.05, 0.1) is 6.54 Å². The second kappa shape index (κ2) is 13.2. The highest BCUT2D eigenvalue weighted by molar-refractivity contribution is 14.0. The van der Waals surface area contributed by atoms with Crippen LogP contribution >= 0.6 is 24.0 Å². The smallest absolute Gasteiger partial charge is 0.223 e. The number of guanidine groups is 1. The quantitative estimate of drug-likeness (QED) is 0.174. The minimum absolute atomic E-state index is 0. The Kier molecular flexibility index (Phi) is 11.6. The van der Waals surface area contributed by atoms with E-state index in [-0.39, 0.29) is 47.6 Å². The number of halogens is 1. The van der Waals surface area contributed by atoms with Crippen molar-refractivity contribution in [1.82, 2.24) is 21.3 Å². The predicted octanol–water partition coefficient (Wildman–Crippen LogP) is 1.38. The fourth-order valence-corrected chi connectivity index (χ4v) is 3.05. The highest BCUT2D eigenvalue weighted by Crippen LogP contribution is 2.28. The third-order valence-electron chi connectivity index (χ3n) is 4.67. The average Bonchev–Trinajstić information content (AvgIpc) is 3.47. The van der Waals surface area contributed by atoms with Gasteiger partial charge in [0.25, 0.3) is 0 Å². The normalized spacial score (nSPS) is 17.8. The summed E-state index contributed by atoms with van der Waals surface area (Å²) in [6.45, 7) is 5.12. The highest BCUT2D eigenvalue weighted by Gasteiger charge is 2.28. The van der Waals surface area contributed by atoms with Crippen molar-refractivity contribution in [1.29, 1.82) is 0 Å². The fraction of sp³-hybridized carbons (Fsp3) is 0.833. The van der Waals surface area contributed by atoms with E-state index in [1.807, 2.05) is 6.92 Å². The Labute approximate surface area is 173 Å². The number of hydrogen-bond donors (Lipinski definition) is 4. The molecule has 0 bridgehead atoms. The van der Waals surface area contributed by atoms with Crippen LogP contribution in [0.5, 0.6) is 0 Å². The minimum Gasteiger partial charge on any atom is -0.357 e. The van der Waals surface area contributed by atoms with Crippen LogP contribution in [0.15, 0.2) is 4.99 Å². The van der Waals surface area contributed by atoms with Crippen LogP contribution in [0.2, 0.25) is 0 Å². The molecule has 0 aliphatic heterocycles. The zero-order chi connectivity index (χ0) is 17.9. The largest absolute Gasteiger partial charge is 0.357 e. The first-order chi connectivity index (χ1) is 12.2. The molecule has 2 saturated carbocycles. The fourth-order valence-electron chi connectivity index (χ4n) is 3.05. The summed E-state index contributed by atoms with van der Waals surface area (Å²) in [6.07, 6.45) is 7.69. The minimum atomic E-state index is 0. The van der Waals surface area contributed by atoms with Gasteiger partial charge in [0.15, 0.2) is 5.96 Å². The molecule has 0 heterocycles. The lowest BCUT2D eigenvalue weighted by molar-refractivity contribution is -0.126. The van der Waals surface area contributed by atoms with E-state index in [4.69, 9.17) is 0 Å². The number of rotatable bonds is 9. The van der Waals surface area contributed by atoms with Crippen LogP contribution < -0.4 is 21.3 Å². The summed E-state index contributed by atoms with van der Waals surface area (Å²) in [5, 5.41) is 12.3. The first-order valence-corrected chi connectivity index (χ1v) is 9.78. The summed E-state index contributed by atoms with van der Waals surface area (Å²) in [5.74, 6) is 1.49. The van der Waals surface area contributed by atoms with Crippen LogP contribution in [0, 0.1) is 11.8 Å². The molecule has 8 heteroatoms. The molecule has 7 nitrogen and oxygen atoms in total. The van der Waals surface area contributed by atoms with Gasteiger partial charge < -0.3 is 21.3 Å². The van der Waals surface area contributed by atoms with Gasteiger partial charge in [0.2, 0.25) is 11.8 Å². The molecule has 0 radical (unpaired) electrons. The Morgan fingerprint density at radius 3 is 2.00 bits per heavy atom. The number of carbonyl (C=O) groups is 2. The molecule has 0 aromatic heterocycles. The molecule has 2 aliphatic rings. The summed E-state index contributed by atoms with van der Waals surface area (Å²) in [7, 11) is 0. The van der Waals surface area contributed by atoms with Gasteiger partial charge in [0.1, 0.15) is 0 Å². The number of amides is 2. The van der Waals surface area contributed by atoms with Crippen LogP contribution in [0.1, 0.15) is 51.9 Å². The Morgan fingerprint density at radius 1 is 0.808 bits per heavy atom. The molecule has 4 N–H and O–H groups in total. The molecule has 2 aliphatic carbocycles. The van der Waals surface area contributed by atoms with E-state index in [1.54, 1.807) is 0 Å². The molecule has 0 atom stereocenters. The maximum atomic E-state index is 12.1. The number of nitrogens with one attached hydrogen (secondary N) is 4. The predicted molar refractivity (Wildman–Crippen MR) is 115 cm³/mol. The van der Waals surface area contributed by atoms with Gasteiger partial charge in [-0.25, -0.2) is 0 Å². The van der Waals surface area contributed by atoms with Gasteiger partial charge in [-0.15, -0.1) is 24.0 Å². The first kappa shape index (κ1) is 23.0. The molecule has 2 rings (SSSR count). The van der Waals surface area contributed by atoms with E-state index in [1.165, 1.54) is 19.3 Å². The van der Waals surface area contributed by atoms with Crippen molar-refractivity contribution in [2.75, 3.05) is 32.7 Å². The summed E-state index contributed by atoms with van der Waals surface area (Å²) in [5.41, 5.74) is 0. The summed E-state index contributed by atoms with van der Waals surface area (Å²) < 4.78 is 0. The Balaban J connectivity index is 0.00000338. The van der Waals surface area contributed by atoms with Crippen molar-refractivity contribution in [3.63, 3.8) is 0 Å². The summed E-state index contributed by atoms with van der Waals surface area (Å²) >= 11 is 0. The second-order valence-electron chi connectivity index (χ2n) is 6.88. The molecule has 0 unspecified atom stereocenters. The molecular formula is C18H34IN5O2. The summed E-state index contributed by atoms with van der Waals surface area (Å²) in [6, 6.07) is 0. The molecule has 150 valence electrons. The van der Waals surface area contributed by atoms with Crippen molar-refractivity contribution < 1.29 is 9.59 Å². The molecule has 0 aromatic carbocycles. The van der Waals surface area contributed by atoms with Crippen LogP contribution in [0.4, 0.5) is 0 Å². The molecular weight excluding hydrogens is 445 g/mol. The van der Waals surface area contributed by atoms with Gasteiger partial charge >= 0.3 is 0 Å². The molecule has 0 aromatic rings. The van der Waals surface area contributed by atoms with E-state index >= 15 is 0 Å². The Bertz CT molecular complexity index is 462. The first-order valence-electron chi connectivity index (χ1n) is 9.78. The SMILES string of the molecule is CCNC(=NCCNC(=O)C1CC1)NCCNC(=O)C1CCCCC1.I.